The SMILES string of the molecule is Cc1ncc(C(C)NCC2CC2C)c(C)n1. The molecule has 3 unspecified atom stereocenters. The maximum atomic E-state index is 4.40. The fourth-order valence-electron chi connectivity index (χ4n) is 2.14. The molecular weight excluding hydrogens is 198 g/mol. The lowest BCUT2D eigenvalue weighted by Gasteiger charge is -2.15. The first-order valence-corrected chi connectivity index (χ1v) is 6.11. The molecule has 1 aliphatic rings. The zero-order valence-corrected chi connectivity index (χ0v) is 10.6. The van der Waals surface area contributed by atoms with Crippen LogP contribution in [0.15, 0.2) is 6.20 Å². The zero-order chi connectivity index (χ0) is 11.7. The molecule has 0 spiro atoms. The Labute approximate surface area is 97.7 Å². The minimum atomic E-state index is 0.355. The van der Waals surface area contributed by atoms with Gasteiger partial charge < -0.3 is 5.32 Å². The number of aromatic nitrogens is 2. The summed E-state index contributed by atoms with van der Waals surface area (Å²) in [6.45, 7) is 9.61. The fourth-order valence-corrected chi connectivity index (χ4v) is 2.14. The maximum Gasteiger partial charge on any atom is 0.125 e. The lowest BCUT2D eigenvalue weighted by molar-refractivity contribution is 0.530. The van der Waals surface area contributed by atoms with Crippen LogP contribution in [0.4, 0.5) is 0 Å². The molecule has 0 amide bonds. The summed E-state index contributed by atoms with van der Waals surface area (Å²) in [4.78, 5) is 8.67. The highest BCUT2D eigenvalue weighted by atomic mass is 14.9. The third kappa shape index (κ3) is 2.59. The van der Waals surface area contributed by atoms with Crippen molar-refractivity contribution in [2.75, 3.05) is 6.54 Å². The Morgan fingerprint density at radius 2 is 2.19 bits per heavy atom. The van der Waals surface area contributed by atoms with E-state index in [2.05, 4.69) is 36.1 Å². The third-order valence-electron chi connectivity index (χ3n) is 3.57. The van der Waals surface area contributed by atoms with E-state index < -0.39 is 0 Å². The lowest BCUT2D eigenvalue weighted by atomic mass is 10.1. The Bertz CT molecular complexity index is 375. The predicted molar refractivity (Wildman–Crippen MR) is 65.2 cm³/mol. The van der Waals surface area contributed by atoms with Crippen molar-refractivity contribution in [3.63, 3.8) is 0 Å². The summed E-state index contributed by atoms with van der Waals surface area (Å²) >= 11 is 0. The van der Waals surface area contributed by atoms with Crippen LogP contribution in [-0.2, 0) is 0 Å². The van der Waals surface area contributed by atoms with Crippen molar-refractivity contribution in [1.29, 1.82) is 0 Å². The van der Waals surface area contributed by atoms with Crippen molar-refractivity contribution in [2.24, 2.45) is 11.8 Å². The zero-order valence-electron chi connectivity index (χ0n) is 10.6. The van der Waals surface area contributed by atoms with Crippen LogP contribution in [-0.4, -0.2) is 16.5 Å². The average molecular weight is 219 g/mol. The smallest absolute Gasteiger partial charge is 0.125 e. The Morgan fingerprint density at radius 3 is 2.75 bits per heavy atom. The van der Waals surface area contributed by atoms with Crippen LogP contribution in [0.5, 0.6) is 0 Å². The molecule has 1 N–H and O–H groups in total. The number of nitrogens with zero attached hydrogens (tertiary/aromatic N) is 2. The highest BCUT2D eigenvalue weighted by Gasteiger charge is 2.32. The molecule has 1 fully saturated rings. The van der Waals surface area contributed by atoms with Crippen LogP contribution >= 0.6 is 0 Å². The summed E-state index contributed by atoms with van der Waals surface area (Å²) < 4.78 is 0. The summed E-state index contributed by atoms with van der Waals surface area (Å²) in [5.41, 5.74) is 2.32. The molecule has 88 valence electrons. The molecule has 3 atom stereocenters. The Kier molecular flexibility index (Phi) is 3.24. The molecule has 3 nitrogen and oxygen atoms in total. The summed E-state index contributed by atoms with van der Waals surface area (Å²) in [6.07, 6.45) is 3.33. The summed E-state index contributed by atoms with van der Waals surface area (Å²) in [7, 11) is 0. The van der Waals surface area contributed by atoms with Crippen molar-refractivity contribution in [3.05, 3.63) is 23.3 Å². The molecule has 0 aromatic carbocycles. The largest absolute Gasteiger partial charge is 0.310 e. The number of aryl methyl sites for hydroxylation is 2. The third-order valence-corrected chi connectivity index (χ3v) is 3.57. The Morgan fingerprint density at radius 1 is 1.50 bits per heavy atom. The van der Waals surface area contributed by atoms with Gasteiger partial charge in [0.25, 0.3) is 0 Å². The Balaban J connectivity index is 1.94. The van der Waals surface area contributed by atoms with Gasteiger partial charge in [0, 0.05) is 23.5 Å². The van der Waals surface area contributed by atoms with Crippen molar-refractivity contribution in [2.45, 2.75) is 40.2 Å². The normalized spacial score (nSPS) is 25.5. The topological polar surface area (TPSA) is 37.8 Å². The van der Waals surface area contributed by atoms with Crippen LogP contribution in [0.2, 0.25) is 0 Å². The van der Waals surface area contributed by atoms with Gasteiger partial charge in [-0.15, -0.1) is 0 Å². The van der Waals surface area contributed by atoms with E-state index >= 15 is 0 Å². The van der Waals surface area contributed by atoms with Crippen LogP contribution in [0.3, 0.4) is 0 Å². The van der Waals surface area contributed by atoms with E-state index in [1.165, 1.54) is 12.0 Å². The van der Waals surface area contributed by atoms with Gasteiger partial charge in [-0.3, -0.25) is 0 Å². The maximum absolute atomic E-state index is 4.40. The van der Waals surface area contributed by atoms with Crippen molar-refractivity contribution in [1.82, 2.24) is 15.3 Å². The summed E-state index contributed by atoms with van der Waals surface area (Å²) in [6, 6.07) is 0.355. The van der Waals surface area contributed by atoms with Crippen LogP contribution in [0.1, 0.15) is 43.4 Å². The van der Waals surface area contributed by atoms with Gasteiger partial charge in [0.2, 0.25) is 0 Å². The Hall–Kier alpha value is -0.960. The van der Waals surface area contributed by atoms with Crippen molar-refractivity contribution in [3.8, 4) is 0 Å². The predicted octanol–water partition coefficient (Wildman–Crippen LogP) is 2.40. The van der Waals surface area contributed by atoms with Gasteiger partial charge in [-0.1, -0.05) is 6.92 Å². The molecule has 0 radical (unpaired) electrons. The molecule has 2 rings (SSSR count). The average Bonchev–Trinajstić information content (AvgIpc) is 2.91. The molecule has 3 heteroatoms. The molecule has 0 saturated heterocycles. The van der Waals surface area contributed by atoms with Crippen LogP contribution in [0.25, 0.3) is 0 Å². The van der Waals surface area contributed by atoms with Crippen molar-refractivity contribution < 1.29 is 0 Å². The second-order valence-corrected chi connectivity index (χ2v) is 5.06. The number of hydrogen-bond acceptors (Lipinski definition) is 3. The molecular formula is C13H21N3. The van der Waals surface area contributed by atoms with E-state index in [0.29, 0.717) is 6.04 Å². The highest BCUT2D eigenvalue weighted by Crippen LogP contribution is 2.37. The van der Waals surface area contributed by atoms with Crippen LogP contribution < -0.4 is 5.32 Å². The molecule has 1 aromatic heterocycles. The summed E-state index contributed by atoms with van der Waals surface area (Å²) in [5, 5.41) is 3.57. The first kappa shape index (κ1) is 11.5. The van der Waals surface area contributed by atoms with Gasteiger partial charge in [0.05, 0.1) is 0 Å². The second-order valence-electron chi connectivity index (χ2n) is 5.06. The molecule has 1 aliphatic carbocycles. The van der Waals surface area contributed by atoms with Crippen LogP contribution in [0, 0.1) is 25.7 Å². The number of hydrogen-bond donors (Lipinski definition) is 1. The van der Waals surface area contributed by atoms with E-state index in [-0.39, 0.29) is 0 Å². The van der Waals surface area contributed by atoms with E-state index in [0.717, 1.165) is 29.9 Å². The molecule has 16 heavy (non-hydrogen) atoms. The first-order chi connectivity index (χ1) is 7.58. The fraction of sp³-hybridized carbons (Fsp3) is 0.692. The van der Waals surface area contributed by atoms with Crippen molar-refractivity contribution >= 4 is 0 Å². The minimum absolute atomic E-state index is 0.355. The molecule has 0 aliphatic heterocycles. The van der Waals surface area contributed by atoms with E-state index in [1.54, 1.807) is 0 Å². The first-order valence-electron chi connectivity index (χ1n) is 6.11. The minimum Gasteiger partial charge on any atom is -0.310 e. The number of rotatable bonds is 4. The number of nitrogens with one attached hydrogen (secondary N) is 1. The second kappa shape index (κ2) is 4.50. The molecule has 0 bridgehead atoms. The van der Waals surface area contributed by atoms with Gasteiger partial charge in [-0.25, -0.2) is 9.97 Å². The summed E-state index contributed by atoms with van der Waals surface area (Å²) in [5.74, 6) is 2.65. The van der Waals surface area contributed by atoms with E-state index in [4.69, 9.17) is 0 Å². The molecule has 1 aromatic rings. The van der Waals surface area contributed by atoms with Gasteiger partial charge in [0.15, 0.2) is 0 Å². The van der Waals surface area contributed by atoms with Gasteiger partial charge in [0.1, 0.15) is 5.82 Å². The quantitative estimate of drug-likeness (QED) is 0.845. The van der Waals surface area contributed by atoms with E-state index in [9.17, 15) is 0 Å². The standard InChI is InChI=1S/C13H21N3/c1-8-5-12(8)6-14-9(2)13-7-15-11(4)16-10(13)3/h7-9,12,14H,5-6H2,1-4H3. The molecule has 1 heterocycles. The lowest BCUT2D eigenvalue weighted by Crippen LogP contribution is -2.22. The molecule has 1 saturated carbocycles. The van der Waals surface area contributed by atoms with E-state index in [1.807, 2.05) is 13.1 Å². The monoisotopic (exact) mass is 219 g/mol. The van der Waals surface area contributed by atoms with Gasteiger partial charge in [-0.2, -0.15) is 0 Å². The highest BCUT2D eigenvalue weighted by molar-refractivity contribution is 5.19. The van der Waals surface area contributed by atoms with Gasteiger partial charge in [-0.05, 0) is 45.6 Å². The van der Waals surface area contributed by atoms with Gasteiger partial charge >= 0.3 is 0 Å².